The highest BCUT2D eigenvalue weighted by molar-refractivity contribution is 6.33. The molecule has 1 aliphatic carbocycles. The SMILES string of the molecule is CC(C1CCCC1)n1nnnc1-c1ccc(N)c(Cl)c1. The molecular formula is C14H18ClN5. The van der Waals surface area contributed by atoms with E-state index in [0.29, 0.717) is 22.7 Å². The predicted octanol–water partition coefficient (Wildman–Crippen LogP) is 3.33. The Morgan fingerprint density at radius 3 is 2.80 bits per heavy atom. The van der Waals surface area contributed by atoms with Crippen LogP contribution in [0, 0.1) is 5.92 Å². The Morgan fingerprint density at radius 1 is 1.35 bits per heavy atom. The maximum absolute atomic E-state index is 6.09. The summed E-state index contributed by atoms with van der Waals surface area (Å²) in [6, 6.07) is 5.82. The van der Waals surface area contributed by atoms with Gasteiger partial charge in [-0.1, -0.05) is 24.4 Å². The van der Waals surface area contributed by atoms with Crippen molar-refractivity contribution in [3.05, 3.63) is 23.2 Å². The maximum Gasteiger partial charge on any atom is 0.182 e. The summed E-state index contributed by atoms with van der Waals surface area (Å²) in [5.74, 6) is 1.41. The van der Waals surface area contributed by atoms with Gasteiger partial charge in [-0.3, -0.25) is 0 Å². The zero-order chi connectivity index (χ0) is 14.1. The molecule has 106 valence electrons. The molecule has 1 saturated carbocycles. The maximum atomic E-state index is 6.09. The second kappa shape index (κ2) is 5.40. The lowest BCUT2D eigenvalue weighted by Gasteiger charge is -2.19. The molecular weight excluding hydrogens is 274 g/mol. The van der Waals surface area contributed by atoms with Crippen molar-refractivity contribution >= 4 is 17.3 Å². The van der Waals surface area contributed by atoms with E-state index in [1.807, 2.05) is 16.8 Å². The Morgan fingerprint density at radius 2 is 2.10 bits per heavy atom. The third-order valence-electron chi connectivity index (χ3n) is 4.22. The van der Waals surface area contributed by atoms with Crippen molar-refractivity contribution < 1.29 is 0 Å². The molecule has 1 aliphatic rings. The number of hydrogen-bond donors (Lipinski definition) is 1. The summed E-state index contributed by atoms with van der Waals surface area (Å²) in [5, 5.41) is 12.7. The van der Waals surface area contributed by atoms with Crippen molar-refractivity contribution in [2.24, 2.45) is 5.92 Å². The molecule has 1 unspecified atom stereocenters. The first kappa shape index (κ1) is 13.4. The van der Waals surface area contributed by atoms with Gasteiger partial charge in [0.2, 0.25) is 0 Å². The number of nitrogens with two attached hydrogens (primary N) is 1. The van der Waals surface area contributed by atoms with Crippen LogP contribution in [0.5, 0.6) is 0 Å². The monoisotopic (exact) mass is 291 g/mol. The molecule has 2 N–H and O–H groups in total. The minimum absolute atomic E-state index is 0.304. The van der Waals surface area contributed by atoms with Crippen LogP contribution in [0.3, 0.4) is 0 Å². The molecule has 0 spiro atoms. The summed E-state index contributed by atoms with van der Waals surface area (Å²) < 4.78 is 1.91. The van der Waals surface area contributed by atoms with Crippen LogP contribution in [0.25, 0.3) is 11.4 Å². The molecule has 20 heavy (non-hydrogen) atoms. The summed E-state index contributed by atoms with van der Waals surface area (Å²) in [4.78, 5) is 0. The van der Waals surface area contributed by atoms with Crippen molar-refractivity contribution in [1.82, 2.24) is 20.2 Å². The van der Waals surface area contributed by atoms with Gasteiger partial charge in [-0.15, -0.1) is 5.10 Å². The van der Waals surface area contributed by atoms with Gasteiger partial charge < -0.3 is 5.73 Å². The van der Waals surface area contributed by atoms with Crippen LogP contribution in [0.4, 0.5) is 5.69 Å². The smallest absolute Gasteiger partial charge is 0.182 e. The highest BCUT2D eigenvalue weighted by Crippen LogP contribution is 2.35. The van der Waals surface area contributed by atoms with Gasteiger partial charge in [0.15, 0.2) is 5.82 Å². The first-order chi connectivity index (χ1) is 9.66. The van der Waals surface area contributed by atoms with Gasteiger partial charge in [0.05, 0.1) is 16.8 Å². The number of tetrazole rings is 1. The fourth-order valence-corrected chi connectivity index (χ4v) is 3.14. The number of rotatable bonds is 3. The lowest BCUT2D eigenvalue weighted by atomic mass is 9.99. The van der Waals surface area contributed by atoms with E-state index in [1.54, 1.807) is 6.07 Å². The number of benzene rings is 1. The molecule has 1 heterocycles. The number of nitrogen functional groups attached to an aromatic ring is 1. The Hall–Kier alpha value is -1.62. The average Bonchev–Trinajstić information content (AvgIpc) is 3.11. The second-order valence-electron chi connectivity index (χ2n) is 5.47. The Kier molecular flexibility index (Phi) is 3.61. The van der Waals surface area contributed by atoms with Gasteiger partial charge >= 0.3 is 0 Å². The number of aromatic nitrogens is 4. The predicted molar refractivity (Wildman–Crippen MR) is 79.3 cm³/mol. The van der Waals surface area contributed by atoms with E-state index in [1.165, 1.54) is 25.7 Å². The van der Waals surface area contributed by atoms with Gasteiger partial charge in [-0.05, 0) is 54.3 Å². The number of nitrogens with zero attached hydrogens (tertiary/aromatic N) is 4. The molecule has 0 aliphatic heterocycles. The molecule has 0 bridgehead atoms. The van der Waals surface area contributed by atoms with Crippen molar-refractivity contribution in [2.75, 3.05) is 5.73 Å². The minimum atomic E-state index is 0.304. The van der Waals surface area contributed by atoms with Gasteiger partial charge in [-0.25, -0.2) is 4.68 Å². The van der Waals surface area contributed by atoms with Gasteiger partial charge in [0.25, 0.3) is 0 Å². The fraction of sp³-hybridized carbons (Fsp3) is 0.500. The highest BCUT2D eigenvalue weighted by atomic mass is 35.5. The van der Waals surface area contributed by atoms with Crippen molar-refractivity contribution in [3.8, 4) is 11.4 Å². The molecule has 0 radical (unpaired) electrons. The quantitative estimate of drug-likeness (QED) is 0.881. The summed E-state index contributed by atoms with van der Waals surface area (Å²) in [6.07, 6.45) is 5.12. The number of hydrogen-bond acceptors (Lipinski definition) is 4. The Balaban J connectivity index is 1.94. The molecule has 1 aromatic carbocycles. The van der Waals surface area contributed by atoms with Crippen molar-refractivity contribution in [1.29, 1.82) is 0 Å². The normalized spacial score (nSPS) is 17.5. The van der Waals surface area contributed by atoms with Crippen LogP contribution in [-0.4, -0.2) is 20.2 Å². The zero-order valence-electron chi connectivity index (χ0n) is 11.5. The molecule has 1 fully saturated rings. The van der Waals surface area contributed by atoms with Crippen molar-refractivity contribution in [2.45, 2.75) is 38.6 Å². The fourth-order valence-electron chi connectivity index (χ4n) is 2.96. The summed E-state index contributed by atoms with van der Waals surface area (Å²) in [7, 11) is 0. The van der Waals surface area contributed by atoms with E-state index in [4.69, 9.17) is 17.3 Å². The van der Waals surface area contributed by atoms with Crippen LogP contribution in [0.2, 0.25) is 5.02 Å². The molecule has 1 atom stereocenters. The molecule has 5 nitrogen and oxygen atoms in total. The lowest BCUT2D eigenvalue weighted by Crippen LogP contribution is -2.16. The molecule has 1 aromatic heterocycles. The first-order valence-electron chi connectivity index (χ1n) is 7.00. The molecule has 6 heteroatoms. The number of halogens is 1. The summed E-state index contributed by atoms with van der Waals surface area (Å²) >= 11 is 6.09. The van der Waals surface area contributed by atoms with E-state index in [9.17, 15) is 0 Å². The molecule has 3 rings (SSSR count). The van der Waals surface area contributed by atoms with E-state index in [-0.39, 0.29) is 0 Å². The van der Waals surface area contributed by atoms with E-state index >= 15 is 0 Å². The van der Waals surface area contributed by atoms with E-state index in [2.05, 4.69) is 22.4 Å². The Labute approximate surface area is 123 Å². The van der Waals surface area contributed by atoms with Crippen LogP contribution < -0.4 is 5.73 Å². The summed E-state index contributed by atoms with van der Waals surface area (Å²) in [6.45, 7) is 2.19. The molecule has 2 aromatic rings. The topological polar surface area (TPSA) is 69.6 Å². The third kappa shape index (κ3) is 2.38. The Bertz CT molecular complexity index is 603. The standard InChI is InChI=1S/C14H18ClN5/c1-9(10-4-2-3-5-10)20-14(17-18-19-20)11-6-7-13(16)12(15)8-11/h6-10H,2-5,16H2,1H3. The third-order valence-corrected chi connectivity index (χ3v) is 4.55. The molecule has 0 saturated heterocycles. The van der Waals surface area contributed by atoms with Crippen molar-refractivity contribution in [3.63, 3.8) is 0 Å². The lowest BCUT2D eigenvalue weighted by molar-refractivity contribution is 0.332. The molecule has 0 amide bonds. The minimum Gasteiger partial charge on any atom is -0.398 e. The van der Waals surface area contributed by atoms with Gasteiger partial charge in [0.1, 0.15) is 0 Å². The number of anilines is 1. The average molecular weight is 292 g/mol. The largest absolute Gasteiger partial charge is 0.398 e. The summed E-state index contributed by atoms with van der Waals surface area (Å²) in [5.41, 5.74) is 7.22. The van der Waals surface area contributed by atoms with Gasteiger partial charge in [0, 0.05) is 5.56 Å². The van der Waals surface area contributed by atoms with Crippen LogP contribution in [0.1, 0.15) is 38.6 Å². The van der Waals surface area contributed by atoms with Gasteiger partial charge in [-0.2, -0.15) is 0 Å². The highest BCUT2D eigenvalue weighted by Gasteiger charge is 2.26. The second-order valence-corrected chi connectivity index (χ2v) is 5.88. The zero-order valence-corrected chi connectivity index (χ0v) is 12.2. The van der Waals surface area contributed by atoms with E-state index in [0.717, 1.165) is 11.4 Å². The van der Waals surface area contributed by atoms with E-state index < -0.39 is 0 Å². The first-order valence-corrected chi connectivity index (χ1v) is 7.38. The van der Waals surface area contributed by atoms with Crippen LogP contribution >= 0.6 is 11.6 Å². The van der Waals surface area contributed by atoms with Crippen LogP contribution in [-0.2, 0) is 0 Å². The van der Waals surface area contributed by atoms with Crippen LogP contribution in [0.15, 0.2) is 18.2 Å².